The van der Waals surface area contributed by atoms with Gasteiger partial charge in [-0.15, -0.1) is 0 Å². The summed E-state index contributed by atoms with van der Waals surface area (Å²) in [5.74, 6) is 0.539. The molecule has 0 amide bonds. The molecule has 1 aliphatic rings. The van der Waals surface area contributed by atoms with Crippen LogP contribution in [0.15, 0.2) is 42.5 Å². The Morgan fingerprint density at radius 1 is 1.26 bits per heavy atom. The van der Waals surface area contributed by atoms with Crippen LogP contribution in [-0.4, -0.2) is 12.5 Å². The average molecular weight is 314 g/mol. The first kappa shape index (κ1) is 15.5. The van der Waals surface area contributed by atoms with Crippen molar-refractivity contribution in [1.29, 1.82) is 5.41 Å². The number of ether oxygens (including phenoxy) is 2. The van der Waals surface area contributed by atoms with Gasteiger partial charge < -0.3 is 15.2 Å². The second-order valence-electron chi connectivity index (χ2n) is 5.55. The van der Waals surface area contributed by atoms with Gasteiger partial charge in [0.25, 0.3) is 0 Å². The number of para-hydroxylation sites is 1. The number of hydrogen-bond acceptors (Lipinski definition) is 4. The van der Waals surface area contributed by atoms with Gasteiger partial charge in [0.05, 0.1) is 6.61 Å². The summed E-state index contributed by atoms with van der Waals surface area (Å²) in [6, 6.07) is 11.9. The van der Waals surface area contributed by atoms with Gasteiger partial charge in [-0.05, 0) is 11.6 Å². The Labute approximate surface area is 134 Å². The molecule has 0 fully saturated rings. The quantitative estimate of drug-likeness (QED) is 0.657. The van der Waals surface area contributed by atoms with Crippen LogP contribution in [0.25, 0.3) is 0 Å². The highest BCUT2D eigenvalue weighted by atomic mass is 19.1. The first-order valence-corrected chi connectivity index (χ1v) is 7.59. The van der Waals surface area contributed by atoms with E-state index in [4.69, 9.17) is 20.6 Å². The summed E-state index contributed by atoms with van der Waals surface area (Å²) < 4.78 is 24.5. The molecule has 1 aliphatic heterocycles. The molecular formula is C18H19FN2O2. The van der Waals surface area contributed by atoms with Crippen molar-refractivity contribution in [2.24, 2.45) is 5.73 Å². The maximum absolute atomic E-state index is 13.5. The minimum absolute atomic E-state index is 0.0294. The second-order valence-corrected chi connectivity index (χ2v) is 5.55. The van der Waals surface area contributed by atoms with Crippen LogP contribution < -0.4 is 10.5 Å². The highest BCUT2D eigenvalue weighted by molar-refractivity contribution is 5.73. The molecule has 2 aromatic carbocycles. The van der Waals surface area contributed by atoms with Crippen LogP contribution in [0.4, 0.5) is 4.39 Å². The molecule has 1 unspecified atom stereocenters. The summed E-state index contributed by atoms with van der Waals surface area (Å²) >= 11 is 0. The number of nitrogens with one attached hydrogen (secondary N) is 1. The largest absolute Gasteiger partial charge is 0.493 e. The van der Waals surface area contributed by atoms with Gasteiger partial charge in [-0.3, -0.25) is 5.41 Å². The molecule has 0 bridgehead atoms. The number of fused-ring (bicyclic) bond motifs is 1. The monoisotopic (exact) mass is 314 g/mol. The van der Waals surface area contributed by atoms with E-state index in [9.17, 15) is 4.39 Å². The average Bonchev–Trinajstić information content (AvgIpc) is 3.02. The topological polar surface area (TPSA) is 68.3 Å². The predicted octanol–water partition coefficient (Wildman–Crippen LogP) is 3.34. The number of hydrogen-bond donors (Lipinski definition) is 2. The zero-order valence-corrected chi connectivity index (χ0v) is 12.7. The van der Waals surface area contributed by atoms with Crippen molar-refractivity contribution >= 4 is 5.90 Å². The van der Waals surface area contributed by atoms with Crippen LogP contribution in [0.3, 0.4) is 0 Å². The van der Waals surface area contributed by atoms with Gasteiger partial charge in [-0.2, -0.15) is 0 Å². The fraction of sp³-hybridized carbons (Fsp3) is 0.278. The third-order valence-corrected chi connectivity index (χ3v) is 3.91. The van der Waals surface area contributed by atoms with Gasteiger partial charge in [0.15, 0.2) is 5.90 Å². The van der Waals surface area contributed by atoms with Crippen molar-refractivity contribution in [2.75, 3.05) is 6.61 Å². The zero-order chi connectivity index (χ0) is 16.2. The predicted molar refractivity (Wildman–Crippen MR) is 86.1 cm³/mol. The molecule has 0 saturated heterocycles. The van der Waals surface area contributed by atoms with Crippen LogP contribution in [0, 0.1) is 11.2 Å². The number of benzene rings is 2. The Bertz CT molecular complexity index is 718. The van der Waals surface area contributed by atoms with Crippen molar-refractivity contribution in [3.8, 4) is 5.75 Å². The van der Waals surface area contributed by atoms with E-state index in [-0.39, 0.29) is 30.8 Å². The molecular weight excluding hydrogens is 295 g/mol. The van der Waals surface area contributed by atoms with E-state index in [0.717, 1.165) is 23.3 Å². The van der Waals surface area contributed by atoms with Crippen LogP contribution >= 0.6 is 0 Å². The molecule has 120 valence electrons. The van der Waals surface area contributed by atoms with E-state index in [1.807, 2.05) is 18.2 Å². The maximum atomic E-state index is 13.5. The lowest BCUT2D eigenvalue weighted by Gasteiger charge is -2.16. The van der Waals surface area contributed by atoms with E-state index in [0.29, 0.717) is 12.2 Å². The third-order valence-electron chi connectivity index (χ3n) is 3.91. The van der Waals surface area contributed by atoms with E-state index >= 15 is 0 Å². The molecule has 3 N–H and O–H groups in total. The SMILES string of the molecule is N=C(CC(N)c1cccc2c1OCC2)OCc1ccccc1F. The zero-order valence-electron chi connectivity index (χ0n) is 12.7. The number of nitrogens with two attached hydrogens (primary N) is 1. The van der Waals surface area contributed by atoms with E-state index in [1.54, 1.807) is 18.2 Å². The lowest BCUT2D eigenvalue weighted by atomic mass is 10.0. The maximum Gasteiger partial charge on any atom is 0.182 e. The van der Waals surface area contributed by atoms with Gasteiger partial charge >= 0.3 is 0 Å². The standard InChI is InChI=1S/C18H19FN2O2/c19-15-7-2-1-4-13(15)11-23-17(21)10-16(20)14-6-3-5-12-8-9-22-18(12)14/h1-7,16,21H,8-11,20H2. The molecule has 1 heterocycles. The molecule has 5 heteroatoms. The van der Waals surface area contributed by atoms with Gasteiger partial charge in [0.1, 0.15) is 18.2 Å². The molecule has 0 radical (unpaired) electrons. The van der Waals surface area contributed by atoms with Crippen molar-refractivity contribution in [3.05, 3.63) is 65.0 Å². The van der Waals surface area contributed by atoms with Gasteiger partial charge in [0, 0.05) is 30.0 Å². The summed E-state index contributed by atoms with van der Waals surface area (Å²) in [7, 11) is 0. The number of halogens is 1. The van der Waals surface area contributed by atoms with Crippen LogP contribution in [0.2, 0.25) is 0 Å². The van der Waals surface area contributed by atoms with Crippen LogP contribution in [-0.2, 0) is 17.8 Å². The van der Waals surface area contributed by atoms with Gasteiger partial charge in [-0.1, -0.05) is 36.4 Å². The third kappa shape index (κ3) is 3.51. The van der Waals surface area contributed by atoms with E-state index < -0.39 is 0 Å². The molecule has 4 nitrogen and oxygen atoms in total. The molecule has 0 aliphatic carbocycles. The van der Waals surface area contributed by atoms with Crippen molar-refractivity contribution < 1.29 is 13.9 Å². The molecule has 3 rings (SSSR count). The summed E-state index contributed by atoms with van der Waals surface area (Å²) in [4.78, 5) is 0. The van der Waals surface area contributed by atoms with Crippen molar-refractivity contribution in [3.63, 3.8) is 0 Å². The Balaban J connectivity index is 1.60. The van der Waals surface area contributed by atoms with Crippen LogP contribution in [0.1, 0.15) is 29.2 Å². The van der Waals surface area contributed by atoms with Crippen molar-refractivity contribution in [1.82, 2.24) is 0 Å². The molecule has 0 spiro atoms. The molecule has 2 aromatic rings. The smallest absolute Gasteiger partial charge is 0.182 e. The number of rotatable bonds is 5. The van der Waals surface area contributed by atoms with Crippen LogP contribution in [0.5, 0.6) is 5.75 Å². The Morgan fingerprint density at radius 2 is 2.09 bits per heavy atom. The highest BCUT2D eigenvalue weighted by Crippen LogP contribution is 2.33. The minimum atomic E-state index is -0.379. The molecule has 0 aromatic heterocycles. The first-order valence-electron chi connectivity index (χ1n) is 7.59. The van der Waals surface area contributed by atoms with Crippen molar-refractivity contribution in [2.45, 2.75) is 25.5 Å². The first-order chi connectivity index (χ1) is 11.1. The second kappa shape index (κ2) is 6.79. The van der Waals surface area contributed by atoms with Gasteiger partial charge in [-0.25, -0.2) is 4.39 Å². The highest BCUT2D eigenvalue weighted by Gasteiger charge is 2.21. The fourth-order valence-corrected chi connectivity index (χ4v) is 2.68. The summed E-state index contributed by atoms with van der Waals surface area (Å²) in [6.07, 6.45) is 1.13. The fourth-order valence-electron chi connectivity index (χ4n) is 2.68. The lowest BCUT2D eigenvalue weighted by molar-refractivity contribution is 0.271. The summed E-state index contributed by atoms with van der Waals surface area (Å²) in [5.41, 5.74) is 8.66. The van der Waals surface area contributed by atoms with Gasteiger partial charge in [0.2, 0.25) is 0 Å². The normalized spacial score (nSPS) is 14.0. The Kier molecular flexibility index (Phi) is 4.57. The van der Waals surface area contributed by atoms with E-state index in [1.165, 1.54) is 6.07 Å². The molecule has 0 saturated carbocycles. The Morgan fingerprint density at radius 3 is 2.91 bits per heavy atom. The molecule has 23 heavy (non-hydrogen) atoms. The Hall–Kier alpha value is -2.40. The summed E-state index contributed by atoms with van der Waals surface area (Å²) in [5, 5.41) is 7.92. The summed E-state index contributed by atoms with van der Waals surface area (Å²) in [6.45, 7) is 0.696. The lowest BCUT2D eigenvalue weighted by Crippen LogP contribution is -2.17. The minimum Gasteiger partial charge on any atom is -0.493 e. The van der Waals surface area contributed by atoms with E-state index in [2.05, 4.69) is 0 Å². The molecule has 1 atom stereocenters.